The van der Waals surface area contributed by atoms with Crippen molar-refractivity contribution in [1.29, 1.82) is 0 Å². The molecule has 0 fully saturated rings. The van der Waals surface area contributed by atoms with Crippen molar-refractivity contribution in [2.75, 3.05) is 6.54 Å². The number of fused-ring (bicyclic) bond motifs is 1. The quantitative estimate of drug-likeness (QED) is 0.351. The maximum atomic E-state index is 13.7. The van der Waals surface area contributed by atoms with E-state index in [1.807, 2.05) is 43.0 Å². The molecule has 0 spiro atoms. The van der Waals surface area contributed by atoms with Gasteiger partial charge in [0.15, 0.2) is 12.3 Å². The number of halogens is 1. The van der Waals surface area contributed by atoms with E-state index in [1.165, 1.54) is 18.4 Å². The predicted octanol–water partition coefficient (Wildman–Crippen LogP) is 4.85. The molecule has 0 saturated heterocycles. The number of amides is 2. The van der Waals surface area contributed by atoms with Crippen LogP contribution < -0.4 is 10.1 Å². The number of oxazole rings is 1. The topological polar surface area (TPSA) is 97.6 Å². The number of carbonyl (C=O) groups is 2. The minimum absolute atomic E-state index is 0.0184. The number of nitrogens with one attached hydrogen (secondary N) is 1. The lowest BCUT2D eigenvalue weighted by atomic mass is 9.87. The average Bonchev–Trinajstić information content (AvgIpc) is 3.44. The first kappa shape index (κ1) is 26.1. The van der Waals surface area contributed by atoms with Gasteiger partial charge in [-0.1, -0.05) is 38.1 Å². The number of pyridine rings is 1. The third kappa shape index (κ3) is 5.98. The summed E-state index contributed by atoms with van der Waals surface area (Å²) in [5.74, 6) is 0.000853. The molecule has 5 rings (SSSR count). The van der Waals surface area contributed by atoms with Crippen LogP contribution in [0, 0.1) is 11.7 Å². The van der Waals surface area contributed by atoms with E-state index in [2.05, 4.69) is 15.3 Å². The molecule has 1 atom stereocenters. The third-order valence-electron chi connectivity index (χ3n) is 6.63. The second-order valence-corrected chi connectivity index (χ2v) is 9.71. The highest BCUT2D eigenvalue weighted by Crippen LogP contribution is 2.38. The first-order valence-electron chi connectivity index (χ1n) is 12.8. The van der Waals surface area contributed by atoms with E-state index in [-0.39, 0.29) is 47.8 Å². The molecule has 4 aromatic rings. The molecule has 9 heteroatoms. The van der Waals surface area contributed by atoms with Crippen molar-refractivity contribution in [2.24, 2.45) is 5.92 Å². The number of benzene rings is 2. The van der Waals surface area contributed by atoms with Gasteiger partial charge in [0.05, 0.1) is 6.04 Å². The first-order valence-corrected chi connectivity index (χ1v) is 12.8. The summed E-state index contributed by atoms with van der Waals surface area (Å²) in [6, 6.07) is 15.3. The Morgan fingerprint density at radius 2 is 2.00 bits per heavy atom. The van der Waals surface area contributed by atoms with Crippen molar-refractivity contribution in [1.82, 2.24) is 20.2 Å². The highest BCUT2D eigenvalue weighted by atomic mass is 19.1. The molecule has 2 aromatic carbocycles. The lowest BCUT2D eigenvalue weighted by molar-refractivity contribution is -0.136. The molecular weight excluding hydrogens is 499 g/mol. The summed E-state index contributed by atoms with van der Waals surface area (Å²) in [6.07, 6.45) is 5.36. The van der Waals surface area contributed by atoms with Crippen molar-refractivity contribution >= 4 is 11.8 Å². The van der Waals surface area contributed by atoms with Crippen LogP contribution in [0.5, 0.6) is 5.75 Å². The van der Waals surface area contributed by atoms with Gasteiger partial charge in [-0.25, -0.2) is 9.37 Å². The Morgan fingerprint density at radius 3 is 2.74 bits per heavy atom. The van der Waals surface area contributed by atoms with Crippen LogP contribution in [-0.4, -0.2) is 33.2 Å². The Kier molecular flexibility index (Phi) is 7.67. The fourth-order valence-electron chi connectivity index (χ4n) is 4.66. The number of aromatic nitrogens is 2. The molecule has 3 heterocycles. The highest BCUT2D eigenvalue weighted by molar-refractivity contribution is 5.91. The lowest BCUT2D eigenvalue weighted by Crippen LogP contribution is -2.42. The molecule has 0 saturated carbocycles. The van der Waals surface area contributed by atoms with Crippen molar-refractivity contribution in [3.63, 3.8) is 0 Å². The van der Waals surface area contributed by atoms with Crippen molar-refractivity contribution < 1.29 is 23.1 Å². The summed E-state index contributed by atoms with van der Waals surface area (Å²) in [6.45, 7) is 4.68. The zero-order chi connectivity index (χ0) is 27.4. The maximum Gasteiger partial charge on any atom is 0.273 e. The molecule has 1 N–H and O–H groups in total. The number of nitrogens with zero attached hydrogens (tertiary/aromatic N) is 3. The predicted molar refractivity (Wildman–Crippen MR) is 141 cm³/mol. The first-order chi connectivity index (χ1) is 18.9. The van der Waals surface area contributed by atoms with Gasteiger partial charge in [-0.05, 0) is 59.0 Å². The second-order valence-electron chi connectivity index (χ2n) is 9.71. The van der Waals surface area contributed by atoms with Crippen LogP contribution in [0.15, 0.2) is 77.7 Å². The molecule has 8 nitrogen and oxygen atoms in total. The van der Waals surface area contributed by atoms with Crippen LogP contribution in [0.2, 0.25) is 0 Å². The molecule has 1 aliphatic rings. The van der Waals surface area contributed by atoms with Gasteiger partial charge in [-0.2, -0.15) is 0 Å². The summed E-state index contributed by atoms with van der Waals surface area (Å²) in [5.41, 5.74) is 3.90. The van der Waals surface area contributed by atoms with Gasteiger partial charge in [-0.3, -0.25) is 14.6 Å². The molecule has 2 amide bonds. The number of rotatable bonds is 8. The highest BCUT2D eigenvalue weighted by Gasteiger charge is 2.33. The maximum absolute atomic E-state index is 13.7. The van der Waals surface area contributed by atoms with E-state index >= 15 is 0 Å². The summed E-state index contributed by atoms with van der Waals surface area (Å²) < 4.78 is 25.1. The Hall–Kier alpha value is -4.53. The molecule has 39 heavy (non-hydrogen) atoms. The second kappa shape index (κ2) is 11.5. The lowest BCUT2D eigenvalue weighted by Gasteiger charge is -2.39. The SMILES string of the molecule is CC(C)C(=O)N1CCc2ccc(OCc3nc(C(=O)NCc4cccnc4)co3)cc2C1c1ccc(F)cc1. The number of carbonyl (C=O) groups excluding carboxylic acids is 2. The van der Waals surface area contributed by atoms with E-state index in [9.17, 15) is 14.0 Å². The Balaban J connectivity index is 1.31. The molecule has 200 valence electrons. The monoisotopic (exact) mass is 528 g/mol. The van der Waals surface area contributed by atoms with E-state index in [1.54, 1.807) is 30.6 Å². The van der Waals surface area contributed by atoms with Crippen molar-refractivity contribution in [3.8, 4) is 5.75 Å². The number of hydrogen-bond donors (Lipinski definition) is 1. The minimum Gasteiger partial charge on any atom is -0.484 e. The van der Waals surface area contributed by atoms with Crippen LogP contribution in [-0.2, 0) is 24.4 Å². The molecule has 0 aliphatic carbocycles. The van der Waals surface area contributed by atoms with Gasteiger partial charge in [0.1, 0.15) is 17.8 Å². The summed E-state index contributed by atoms with van der Waals surface area (Å²) in [5, 5.41) is 2.78. The number of ether oxygens (including phenoxy) is 1. The van der Waals surface area contributed by atoms with Gasteiger partial charge in [0, 0.05) is 31.4 Å². The molecule has 0 bridgehead atoms. The van der Waals surface area contributed by atoms with Gasteiger partial charge in [-0.15, -0.1) is 0 Å². The Morgan fingerprint density at radius 1 is 1.18 bits per heavy atom. The van der Waals surface area contributed by atoms with Gasteiger partial charge in [0.25, 0.3) is 5.91 Å². The van der Waals surface area contributed by atoms with Crippen molar-refractivity contribution in [2.45, 2.75) is 39.5 Å². The van der Waals surface area contributed by atoms with E-state index in [4.69, 9.17) is 9.15 Å². The molecule has 0 radical (unpaired) electrons. The van der Waals surface area contributed by atoms with Crippen LogP contribution in [0.4, 0.5) is 4.39 Å². The van der Waals surface area contributed by atoms with Gasteiger partial charge >= 0.3 is 0 Å². The summed E-state index contributed by atoms with van der Waals surface area (Å²) in [4.78, 5) is 35.7. The molecule has 2 aromatic heterocycles. The van der Waals surface area contributed by atoms with Gasteiger partial charge < -0.3 is 19.4 Å². The summed E-state index contributed by atoms with van der Waals surface area (Å²) >= 11 is 0. The third-order valence-corrected chi connectivity index (χ3v) is 6.63. The molecule has 1 aliphatic heterocycles. The smallest absolute Gasteiger partial charge is 0.273 e. The zero-order valence-corrected chi connectivity index (χ0v) is 21.8. The van der Waals surface area contributed by atoms with E-state index < -0.39 is 0 Å². The van der Waals surface area contributed by atoms with Crippen LogP contribution in [0.25, 0.3) is 0 Å². The normalized spacial score (nSPS) is 14.7. The fourth-order valence-corrected chi connectivity index (χ4v) is 4.66. The van der Waals surface area contributed by atoms with E-state index in [0.29, 0.717) is 25.3 Å². The van der Waals surface area contributed by atoms with Crippen LogP contribution >= 0.6 is 0 Å². The zero-order valence-electron chi connectivity index (χ0n) is 21.8. The van der Waals surface area contributed by atoms with Crippen LogP contribution in [0.3, 0.4) is 0 Å². The van der Waals surface area contributed by atoms with Crippen LogP contribution in [0.1, 0.15) is 58.5 Å². The minimum atomic E-state index is -0.361. The molecular formula is C30H29FN4O4. The standard InChI is InChI=1S/C30H29FN4O4/c1-19(2)30(37)35-13-11-21-7-10-24(14-25(21)28(35)22-5-8-23(31)9-6-22)38-18-27-34-26(17-39-27)29(36)33-16-20-4-3-12-32-15-20/h3-10,12,14-15,17,19,28H,11,13,16,18H2,1-2H3,(H,33,36). The molecule has 1 unspecified atom stereocenters. The average molecular weight is 529 g/mol. The fraction of sp³-hybridized carbons (Fsp3) is 0.267. The van der Waals surface area contributed by atoms with Gasteiger partial charge in [0.2, 0.25) is 11.8 Å². The van der Waals surface area contributed by atoms with E-state index in [0.717, 1.165) is 22.3 Å². The summed E-state index contributed by atoms with van der Waals surface area (Å²) in [7, 11) is 0. The largest absolute Gasteiger partial charge is 0.484 e. The Labute approximate surface area is 225 Å². The number of hydrogen-bond acceptors (Lipinski definition) is 6. The van der Waals surface area contributed by atoms with Crippen molar-refractivity contribution in [3.05, 3.63) is 113 Å². The Bertz CT molecular complexity index is 1450.